The zero-order valence-corrected chi connectivity index (χ0v) is 9.23. The Morgan fingerprint density at radius 3 is 1.77 bits per heavy atom. The topological polar surface area (TPSA) is 21.3 Å². The summed E-state index contributed by atoms with van der Waals surface area (Å²) in [6.07, 6.45) is 2.65. The van der Waals surface area contributed by atoms with Crippen LogP contribution in [0.5, 0.6) is 0 Å². The first-order valence-electron chi connectivity index (χ1n) is 5.43. The zero-order valence-electron chi connectivity index (χ0n) is 9.23. The molecule has 78 valence electrons. The molecule has 0 aromatic carbocycles. The maximum absolute atomic E-state index is 5.19. The summed E-state index contributed by atoms with van der Waals surface area (Å²) >= 11 is 0. The highest BCUT2D eigenvalue weighted by atomic mass is 16.5. The van der Waals surface area contributed by atoms with Crippen molar-refractivity contribution >= 4 is 0 Å². The van der Waals surface area contributed by atoms with Crippen molar-refractivity contribution in [2.24, 2.45) is 11.3 Å². The highest BCUT2D eigenvalue weighted by molar-refractivity contribution is 4.89. The summed E-state index contributed by atoms with van der Waals surface area (Å²) in [5.74, 6) is 0.833. The molecule has 0 bridgehead atoms. The number of hydrogen-bond donors (Lipinski definition) is 1. The van der Waals surface area contributed by atoms with Crippen LogP contribution >= 0.6 is 0 Å². The molecule has 0 amide bonds. The van der Waals surface area contributed by atoms with Crippen molar-refractivity contribution in [3.8, 4) is 0 Å². The molecular formula is C11H23NO. The van der Waals surface area contributed by atoms with Crippen molar-refractivity contribution in [1.82, 2.24) is 5.32 Å². The third-order valence-electron chi connectivity index (χ3n) is 2.48. The normalized spacial score (nSPS) is 24.9. The Morgan fingerprint density at radius 1 is 1.08 bits per heavy atom. The van der Waals surface area contributed by atoms with Crippen molar-refractivity contribution in [3.05, 3.63) is 0 Å². The number of nitrogens with one attached hydrogen (secondary N) is 1. The minimum atomic E-state index is 0.616. The van der Waals surface area contributed by atoms with Gasteiger partial charge in [-0.3, -0.25) is 0 Å². The third-order valence-corrected chi connectivity index (χ3v) is 2.48. The molecule has 1 spiro atoms. The molecule has 0 radical (unpaired) electrons. The fourth-order valence-corrected chi connectivity index (χ4v) is 1.64. The van der Waals surface area contributed by atoms with Crippen molar-refractivity contribution < 1.29 is 4.74 Å². The average molecular weight is 185 g/mol. The smallest absolute Gasteiger partial charge is 0.0545 e. The van der Waals surface area contributed by atoms with E-state index in [4.69, 9.17) is 4.74 Å². The van der Waals surface area contributed by atoms with Crippen molar-refractivity contribution in [2.45, 2.75) is 33.6 Å². The Balaban J connectivity index is 0.000000184. The van der Waals surface area contributed by atoms with Gasteiger partial charge in [0.1, 0.15) is 0 Å². The Bertz CT molecular complexity index is 130. The SMILES string of the molecule is C1CC2(CCN1)COC2.CC(C)C. The van der Waals surface area contributed by atoms with Crippen LogP contribution in [0, 0.1) is 11.3 Å². The lowest BCUT2D eigenvalue weighted by Gasteiger charge is -2.44. The maximum atomic E-state index is 5.19. The molecule has 2 aliphatic rings. The molecular weight excluding hydrogens is 162 g/mol. The van der Waals surface area contributed by atoms with E-state index in [9.17, 15) is 0 Å². The van der Waals surface area contributed by atoms with Gasteiger partial charge in [-0.1, -0.05) is 20.8 Å². The largest absolute Gasteiger partial charge is 0.380 e. The van der Waals surface area contributed by atoms with Crippen LogP contribution in [0.15, 0.2) is 0 Å². The van der Waals surface area contributed by atoms with Crippen LogP contribution in [0.4, 0.5) is 0 Å². The van der Waals surface area contributed by atoms with Crippen LogP contribution in [0.1, 0.15) is 33.6 Å². The minimum Gasteiger partial charge on any atom is -0.380 e. The van der Waals surface area contributed by atoms with Crippen LogP contribution in [-0.4, -0.2) is 26.3 Å². The van der Waals surface area contributed by atoms with Gasteiger partial charge in [0.2, 0.25) is 0 Å². The lowest BCUT2D eigenvalue weighted by atomic mass is 9.77. The number of hydrogen-bond acceptors (Lipinski definition) is 2. The predicted molar refractivity (Wildman–Crippen MR) is 55.9 cm³/mol. The molecule has 0 aliphatic carbocycles. The van der Waals surface area contributed by atoms with Gasteiger partial charge in [-0.25, -0.2) is 0 Å². The molecule has 2 fully saturated rings. The second-order valence-corrected chi connectivity index (χ2v) is 4.97. The van der Waals surface area contributed by atoms with E-state index in [0.717, 1.165) is 19.1 Å². The van der Waals surface area contributed by atoms with Gasteiger partial charge in [0, 0.05) is 5.41 Å². The summed E-state index contributed by atoms with van der Waals surface area (Å²) in [4.78, 5) is 0. The summed E-state index contributed by atoms with van der Waals surface area (Å²) in [6, 6.07) is 0. The van der Waals surface area contributed by atoms with Crippen molar-refractivity contribution in [2.75, 3.05) is 26.3 Å². The summed E-state index contributed by atoms with van der Waals surface area (Å²) in [5, 5.41) is 3.35. The van der Waals surface area contributed by atoms with Crippen LogP contribution in [-0.2, 0) is 4.74 Å². The fourth-order valence-electron chi connectivity index (χ4n) is 1.64. The Labute approximate surface area is 82.0 Å². The molecule has 2 rings (SSSR count). The molecule has 0 aromatic rings. The van der Waals surface area contributed by atoms with Gasteiger partial charge in [0.05, 0.1) is 13.2 Å². The Hall–Kier alpha value is -0.0800. The van der Waals surface area contributed by atoms with E-state index in [1.165, 1.54) is 25.9 Å². The molecule has 0 aromatic heterocycles. The number of ether oxygens (including phenoxy) is 1. The molecule has 1 N–H and O–H groups in total. The summed E-state index contributed by atoms with van der Waals surface area (Å²) in [7, 11) is 0. The van der Waals surface area contributed by atoms with E-state index < -0.39 is 0 Å². The van der Waals surface area contributed by atoms with Gasteiger partial charge in [0.15, 0.2) is 0 Å². The van der Waals surface area contributed by atoms with Gasteiger partial charge >= 0.3 is 0 Å². The molecule has 0 saturated carbocycles. The van der Waals surface area contributed by atoms with Gasteiger partial charge in [-0.15, -0.1) is 0 Å². The third kappa shape index (κ3) is 3.65. The maximum Gasteiger partial charge on any atom is 0.0545 e. The van der Waals surface area contributed by atoms with E-state index in [1.54, 1.807) is 0 Å². The van der Waals surface area contributed by atoms with E-state index >= 15 is 0 Å². The highest BCUT2D eigenvalue weighted by Crippen LogP contribution is 2.35. The van der Waals surface area contributed by atoms with E-state index in [0.29, 0.717) is 5.41 Å². The lowest BCUT2D eigenvalue weighted by molar-refractivity contribution is -0.127. The minimum absolute atomic E-state index is 0.616. The lowest BCUT2D eigenvalue weighted by Crippen LogP contribution is -2.49. The first-order valence-corrected chi connectivity index (χ1v) is 5.43. The van der Waals surface area contributed by atoms with Gasteiger partial charge in [0.25, 0.3) is 0 Å². The summed E-state index contributed by atoms with van der Waals surface area (Å²) in [5.41, 5.74) is 0.616. The van der Waals surface area contributed by atoms with Crippen molar-refractivity contribution in [1.29, 1.82) is 0 Å². The first kappa shape index (κ1) is 11.0. The van der Waals surface area contributed by atoms with E-state index in [1.807, 2.05) is 0 Å². The van der Waals surface area contributed by atoms with Crippen LogP contribution < -0.4 is 5.32 Å². The Morgan fingerprint density at radius 2 is 1.54 bits per heavy atom. The zero-order chi connectivity index (χ0) is 9.73. The second-order valence-electron chi connectivity index (χ2n) is 4.97. The number of rotatable bonds is 0. The van der Waals surface area contributed by atoms with Gasteiger partial charge < -0.3 is 10.1 Å². The monoisotopic (exact) mass is 185 g/mol. The standard InChI is InChI=1S/C7H13NO.C4H10/c1-3-8-4-2-7(1)5-9-6-7;1-4(2)3/h8H,1-6H2;4H,1-3H3. The van der Waals surface area contributed by atoms with Crippen LogP contribution in [0.3, 0.4) is 0 Å². The molecule has 2 aliphatic heterocycles. The van der Waals surface area contributed by atoms with Gasteiger partial charge in [-0.2, -0.15) is 0 Å². The van der Waals surface area contributed by atoms with Gasteiger partial charge in [-0.05, 0) is 31.8 Å². The predicted octanol–water partition coefficient (Wildman–Crippen LogP) is 2.05. The molecule has 2 saturated heterocycles. The summed E-state index contributed by atoms with van der Waals surface area (Å²) in [6.45, 7) is 10.9. The van der Waals surface area contributed by atoms with Crippen LogP contribution in [0.25, 0.3) is 0 Å². The van der Waals surface area contributed by atoms with Crippen LogP contribution in [0.2, 0.25) is 0 Å². The molecule has 2 nitrogen and oxygen atoms in total. The van der Waals surface area contributed by atoms with E-state index in [-0.39, 0.29) is 0 Å². The number of piperidine rings is 1. The average Bonchev–Trinajstić information content (AvgIpc) is 2.02. The highest BCUT2D eigenvalue weighted by Gasteiger charge is 2.38. The summed E-state index contributed by atoms with van der Waals surface area (Å²) < 4.78 is 5.19. The van der Waals surface area contributed by atoms with Crippen molar-refractivity contribution in [3.63, 3.8) is 0 Å². The van der Waals surface area contributed by atoms with E-state index in [2.05, 4.69) is 26.1 Å². The molecule has 13 heavy (non-hydrogen) atoms. The Kier molecular flexibility index (Phi) is 4.20. The molecule has 2 heterocycles. The first-order chi connectivity index (χ1) is 6.15. The molecule has 0 unspecified atom stereocenters. The quantitative estimate of drug-likeness (QED) is 0.623. The molecule has 0 atom stereocenters. The molecule has 2 heteroatoms. The fraction of sp³-hybridized carbons (Fsp3) is 1.00. The second kappa shape index (κ2) is 4.97.